The number of carbonyl (C=O) groups excluding carboxylic acids is 3. The Kier molecular flexibility index (Phi) is 6.68. The van der Waals surface area contributed by atoms with Gasteiger partial charge in [0.1, 0.15) is 21.5 Å². The molecular weight excluding hydrogens is 404 g/mol. The van der Waals surface area contributed by atoms with Gasteiger partial charge in [-0.15, -0.1) is 10.2 Å². The van der Waals surface area contributed by atoms with Crippen LogP contribution in [0.2, 0.25) is 0 Å². The van der Waals surface area contributed by atoms with Gasteiger partial charge in [0, 0.05) is 25.5 Å². The first-order chi connectivity index (χ1) is 14.4. The summed E-state index contributed by atoms with van der Waals surface area (Å²) in [5, 5.41) is 9.55. The number of ether oxygens (including phenoxy) is 2. The smallest absolute Gasteiger partial charge is 0.308 e. The predicted octanol–water partition coefficient (Wildman–Crippen LogP) is 4.04. The number of ketones is 1. The maximum absolute atomic E-state index is 13.0. The molecule has 0 unspecified atom stereocenters. The molecule has 30 heavy (non-hydrogen) atoms. The van der Waals surface area contributed by atoms with Crippen LogP contribution in [-0.2, 0) is 22.4 Å². The Morgan fingerprint density at radius 3 is 2.23 bits per heavy atom. The molecule has 0 atom stereocenters. The van der Waals surface area contributed by atoms with Crippen LogP contribution in [0.1, 0.15) is 41.7 Å². The zero-order chi connectivity index (χ0) is 21.7. The molecule has 0 radical (unpaired) electrons. The van der Waals surface area contributed by atoms with Crippen molar-refractivity contribution in [3.05, 3.63) is 58.6 Å². The van der Waals surface area contributed by atoms with E-state index in [1.807, 2.05) is 37.3 Å². The van der Waals surface area contributed by atoms with Crippen molar-refractivity contribution in [1.29, 1.82) is 0 Å². The Morgan fingerprint density at radius 1 is 0.933 bits per heavy atom. The fourth-order valence-electron chi connectivity index (χ4n) is 2.84. The predicted molar refractivity (Wildman–Crippen MR) is 112 cm³/mol. The fourth-order valence-corrected chi connectivity index (χ4v) is 3.69. The minimum atomic E-state index is -0.579. The van der Waals surface area contributed by atoms with Gasteiger partial charge < -0.3 is 9.47 Å². The Bertz CT molecular complexity index is 1090. The van der Waals surface area contributed by atoms with Gasteiger partial charge in [0.25, 0.3) is 0 Å². The summed E-state index contributed by atoms with van der Waals surface area (Å²) in [5.41, 5.74) is 1.81. The van der Waals surface area contributed by atoms with Crippen LogP contribution in [0.4, 0.5) is 0 Å². The molecule has 0 saturated heterocycles. The van der Waals surface area contributed by atoms with Crippen molar-refractivity contribution in [3.63, 3.8) is 0 Å². The van der Waals surface area contributed by atoms with Gasteiger partial charge >= 0.3 is 11.9 Å². The van der Waals surface area contributed by atoms with Crippen LogP contribution in [0.15, 0.2) is 42.5 Å². The third-order valence-electron chi connectivity index (χ3n) is 4.15. The Labute approximate surface area is 177 Å². The largest absolute Gasteiger partial charge is 0.426 e. The van der Waals surface area contributed by atoms with E-state index in [2.05, 4.69) is 10.2 Å². The summed E-state index contributed by atoms with van der Waals surface area (Å²) in [6.07, 6.45) is 0.537. The summed E-state index contributed by atoms with van der Waals surface area (Å²) in [4.78, 5) is 35.9. The van der Waals surface area contributed by atoms with Crippen LogP contribution < -0.4 is 9.47 Å². The lowest BCUT2D eigenvalue weighted by Crippen LogP contribution is -2.12. The molecule has 0 aliphatic rings. The second kappa shape index (κ2) is 9.41. The molecule has 1 aromatic heterocycles. The molecule has 2 aromatic carbocycles. The van der Waals surface area contributed by atoms with Crippen LogP contribution in [0.5, 0.6) is 11.5 Å². The van der Waals surface area contributed by atoms with E-state index in [0.717, 1.165) is 10.6 Å². The van der Waals surface area contributed by atoms with Gasteiger partial charge in [-0.25, -0.2) is 0 Å². The highest BCUT2D eigenvalue weighted by Crippen LogP contribution is 2.32. The summed E-state index contributed by atoms with van der Waals surface area (Å²) in [5.74, 6) is -1.04. The molecule has 0 bridgehead atoms. The van der Waals surface area contributed by atoms with E-state index in [-0.39, 0.29) is 29.3 Å². The molecule has 3 aromatic rings. The second-order valence-corrected chi connectivity index (χ2v) is 7.53. The molecule has 0 aliphatic heterocycles. The number of hydrogen-bond acceptors (Lipinski definition) is 8. The lowest BCUT2D eigenvalue weighted by molar-refractivity contribution is -0.132. The summed E-state index contributed by atoms with van der Waals surface area (Å²) >= 11 is 1.33. The van der Waals surface area contributed by atoms with Gasteiger partial charge in [0.05, 0.1) is 12.0 Å². The zero-order valence-electron chi connectivity index (χ0n) is 16.8. The number of aromatic nitrogens is 2. The van der Waals surface area contributed by atoms with Gasteiger partial charge in [-0.3, -0.25) is 14.4 Å². The first-order valence-electron chi connectivity index (χ1n) is 9.32. The number of esters is 2. The third kappa shape index (κ3) is 5.15. The maximum Gasteiger partial charge on any atom is 0.308 e. The van der Waals surface area contributed by atoms with Crippen molar-refractivity contribution in [1.82, 2.24) is 10.2 Å². The van der Waals surface area contributed by atoms with Gasteiger partial charge in [-0.05, 0) is 18.1 Å². The van der Waals surface area contributed by atoms with Crippen LogP contribution in [0.3, 0.4) is 0 Å². The number of carbonyl (C=O) groups is 3. The lowest BCUT2D eigenvalue weighted by atomic mass is 10.0. The van der Waals surface area contributed by atoms with E-state index in [0.29, 0.717) is 17.0 Å². The van der Waals surface area contributed by atoms with Gasteiger partial charge in [0.2, 0.25) is 0 Å². The van der Waals surface area contributed by atoms with Crippen LogP contribution in [-0.4, -0.2) is 27.9 Å². The van der Waals surface area contributed by atoms with Crippen LogP contribution in [0, 0.1) is 0 Å². The van der Waals surface area contributed by atoms with Crippen molar-refractivity contribution < 1.29 is 23.9 Å². The van der Waals surface area contributed by atoms with E-state index < -0.39 is 11.9 Å². The standard InChI is InChI=1S/C22H20N2O5S/c1-4-15-10-17(20(29-14(3)26)12-19(15)28-13(2)25)18(27)11-21-23-24-22(30-21)16-8-6-5-7-9-16/h5-10,12H,4,11H2,1-3H3. The van der Waals surface area contributed by atoms with Crippen molar-refractivity contribution in [2.75, 3.05) is 0 Å². The van der Waals surface area contributed by atoms with E-state index in [1.54, 1.807) is 6.07 Å². The molecule has 0 N–H and O–H groups in total. The molecule has 0 amide bonds. The van der Waals surface area contributed by atoms with Crippen molar-refractivity contribution >= 4 is 29.1 Å². The van der Waals surface area contributed by atoms with E-state index >= 15 is 0 Å². The molecule has 0 saturated carbocycles. The van der Waals surface area contributed by atoms with Gasteiger partial charge in [-0.2, -0.15) is 0 Å². The molecule has 0 spiro atoms. The number of rotatable bonds is 7. The number of nitrogens with zero attached hydrogens (tertiary/aromatic N) is 2. The molecule has 1 heterocycles. The summed E-state index contributed by atoms with van der Waals surface area (Å²) < 4.78 is 10.4. The van der Waals surface area contributed by atoms with E-state index in [4.69, 9.17) is 9.47 Å². The average molecular weight is 424 g/mol. The first kappa shape index (κ1) is 21.3. The molecule has 3 rings (SSSR count). The molecule has 154 valence electrons. The number of Topliss-reactive ketones (excluding diaryl/α,β-unsaturated/α-hetero) is 1. The van der Waals surface area contributed by atoms with E-state index in [1.165, 1.54) is 31.3 Å². The number of benzene rings is 2. The zero-order valence-corrected chi connectivity index (χ0v) is 17.6. The molecular formula is C22H20N2O5S. The SMILES string of the molecule is CCc1cc(C(=O)Cc2nnc(-c3ccccc3)s2)c(OC(C)=O)cc1OC(C)=O. The average Bonchev–Trinajstić information content (AvgIpc) is 3.16. The lowest BCUT2D eigenvalue weighted by Gasteiger charge is -2.13. The quantitative estimate of drug-likeness (QED) is 0.321. The topological polar surface area (TPSA) is 95.5 Å². The Morgan fingerprint density at radius 2 is 1.60 bits per heavy atom. The summed E-state index contributed by atoms with van der Waals surface area (Å²) in [6, 6.07) is 12.6. The minimum absolute atomic E-state index is 0.00876. The minimum Gasteiger partial charge on any atom is -0.426 e. The van der Waals surface area contributed by atoms with Gasteiger partial charge in [-0.1, -0.05) is 48.6 Å². The number of aryl methyl sites for hydroxylation is 1. The highest BCUT2D eigenvalue weighted by molar-refractivity contribution is 7.14. The summed E-state index contributed by atoms with van der Waals surface area (Å²) in [6.45, 7) is 4.40. The van der Waals surface area contributed by atoms with Crippen molar-refractivity contribution in [2.24, 2.45) is 0 Å². The monoisotopic (exact) mass is 424 g/mol. The third-order valence-corrected chi connectivity index (χ3v) is 5.12. The highest BCUT2D eigenvalue weighted by atomic mass is 32.1. The fraction of sp³-hybridized carbons (Fsp3) is 0.227. The van der Waals surface area contributed by atoms with Crippen LogP contribution >= 0.6 is 11.3 Å². The van der Waals surface area contributed by atoms with Crippen LogP contribution in [0.25, 0.3) is 10.6 Å². The van der Waals surface area contributed by atoms with Crippen molar-refractivity contribution in [3.8, 4) is 22.1 Å². The Balaban J connectivity index is 1.91. The molecule has 0 fully saturated rings. The first-order valence-corrected chi connectivity index (χ1v) is 10.1. The molecule has 7 nitrogen and oxygen atoms in total. The highest BCUT2D eigenvalue weighted by Gasteiger charge is 2.21. The van der Waals surface area contributed by atoms with Crippen molar-refractivity contribution in [2.45, 2.75) is 33.6 Å². The van der Waals surface area contributed by atoms with E-state index in [9.17, 15) is 14.4 Å². The maximum atomic E-state index is 13.0. The van der Waals surface area contributed by atoms with Gasteiger partial charge in [0.15, 0.2) is 5.78 Å². The molecule has 8 heteroatoms. The normalized spacial score (nSPS) is 10.5. The summed E-state index contributed by atoms with van der Waals surface area (Å²) in [7, 11) is 0. The Hall–Kier alpha value is -3.39. The second-order valence-electron chi connectivity index (χ2n) is 6.46. The molecule has 0 aliphatic carbocycles. The number of hydrogen-bond donors (Lipinski definition) is 0.